The van der Waals surface area contributed by atoms with Gasteiger partial charge in [0.1, 0.15) is 5.54 Å². The number of carbonyl (C=O) groups is 3. The van der Waals surface area contributed by atoms with Gasteiger partial charge in [0.25, 0.3) is 0 Å². The number of halogens is 1. The first-order chi connectivity index (χ1) is 14.9. The van der Waals surface area contributed by atoms with E-state index in [1.54, 1.807) is 18.2 Å². The number of imide groups is 1. The van der Waals surface area contributed by atoms with Gasteiger partial charge in [-0.25, -0.2) is 4.90 Å². The number of benzene rings is 2. The van der Waals surface area contributed by atoms with Crippen LogP contribution in [0, 0.1) is 25.7 Å². The maximum absolute atomic E-state index is 13.9. The normalized spacial score (nSPS) is 31.4. The Bertz CT molecular complexity index is 1190. The second-order valence-corrected chi connectivity index (χ2v) is 9.48. The highest BCUT2D eigenvalue weighted by atomic mass is 35.5. The summed E-state index contributed by atoms with van der Waals surface area (Å²) in [5.41, 5.74) is 2.64. The van der Waals surface area contributed by atoms with Gasteiger partial charge < -0.3 is 5.32 Å². The molecule has 2 aromatic carbocycles. The fraction of sp³-hybridized carbons (Fsp3) is 0.375. The van der Waals surface area contributed by atoms with Crippen LogP contribution >= 0.6 is 11.6 Å². The van der Waals surface area contributed by atoms with Crippen molar-refractivity contribution in [1.82, 2.24) is 4.90 Å². The summed E-state index contributed by atoms with van der Waals surface area (Å²) in [6.07, 6.45) is 1.71. The van der Waals surface area contributed by atoms with E-state index < -0.39 is 17.4 Å². The molecule has 4 aliphatic heterocycles. The Labute approximate surface area is 185 Å². The van der Waals surface area contributed by atoms with Crippen LogP contribution in [0.25, 0.3) is 0 Å². The summed E-state index contributed by atoms with van der Waals surface area (Å²) < 4.78 is 0. The number of carbonyl (C=O) groups excluding carboxylic acids is 3. The summed E-state index contributed by atoms with van der Waals surface area (Å²) in [7, 11) is 0. The monoisotopic (exact) mass is 435 g/mol. The molecule has 2 aromatic rings. The lowest BCUT2D eigenvalue weighted by atomic mass is 9.75. The fourth-order valence-electron chi connectivity index (χ4n) is 6.39. The molecular weight excluding hydrogens is 414 g/mol. The number of aryl methyl sites for hydroxylation is 1. The van der Waals surface area contributed by atoms with Crippen LogP contribution in [0.5, 0.6) is 0 Å². The zero-order valence-electron chi connectivity index (χ0n) is 17.3. The van der Waals surface area contributed by atoms with Gasteiger partial charge in [0.2, 0.25) is 17.7 Å². The summed E-state index contributed by atoms with van der Waals surface area (Å²) in [6.45, 7) is 4.49. The number of hydrogen-bond acceptors (Lipinski definition) is 4. The number of fused-ring (bicyclic) bond motifs is 7. The second-order valence-electron chi connectivity index (χ2n) is 9.07. The van der Waals surface area contributed by atoms with E-state index in [4.69, 9.17) is 11.6 Å². The zero-order chi connectivity index (χ0) is 21.7. The Morgan fingerprint density at radius 1 is 1.10 bits per heavy atom. The van der Waals surface area contributed by atoms with E-state index >= 15 is 0 Å². The van der Waals surface area contributed by atoms with E-state index in [0.29, 0.717) is 22.8 Å². The van der Waals surface area contributed by atoms with E-state index in [2.05, 4.69) is 10.2 Å². The summed E-state index contributed by atoms with van der Waals surface area (Å²) in [6, 6.07) is 11.0. The van der Waals surface area contributed by atoms with Gasteiger partial charge in [-0.3, -0.25) is 19.3 Å². The smallest absolute Gasteiger partial charge is 0.250 e. The topological polar surface area (TPSA) is 69.7 Å². The predicted octanol–water partition coefficient (Wildman–Crippen LogP) is 3.39. The minimum atomic E-state index is -1.14. The van der Waals surface area contributed by atoms with E-state index in [1.165, 1.54) is 4.90 Å². The number of hydrogen-bond donors (Lipinski definition) is 1. The summed E-state index contributed by atoms with van der Waals surface area (Å²) in [5, 5.41) is 3.52. The van der Waals surface area contributed by atoms with Crippen molar-refractivity contribution < 1.29 is 14.4 Å². The lowest BCUT2D eigenvalue weighted by Gasteiger charge is -2.37. The van der Waals surface area contributed by atoms with Crippen LogP contribution in [-0.2, 0) is 19.9 Å². The Balaban J connectivity index is 1.58. The first kappa shape index (κ1) is 19.0. The van der Waals surface area contributed by atoms with Crippen molar-refractivity contribution in [2.75, 3.05) is 16.8 Å². The van der Waals surface area contributed by atoms with E-state index in [9.17, 15) is 14.4 Å². The van der Waals surface area contributed by atoms with E-state index in [0.717, 1.165) is 29.7 Å². The van der Waals surface area contributed by atoms with Gasteiger partial charge in [-0.2, -0.15) is 0 Å². The number of amides is 3. The highest BCUT2D eigenvalue weighted by Gasteiger charge is 2.74. The number of nitrogens with zero attached hydrogens (tertiary/aromatic N) is 2. The third-order valence-corrected chi connectivity index (χ3v) is 8.04. The molecule has 6 rings (SSSR count). The summed E-state index contributed by atoms with van der Waals surface area (Å²) in [4.78, 5) is 44.7. The van der Waals surface area contributed by atoms with Gasteiger partial charge in [-0.05, 0) is 57.0 Å². The highest BCUT2D eigenvalue weighted by molar-refractivity contribution is 6.32. The molecular formula is C24H22ClN3O3. The lowest BCUT2D eigenvalue weighted by Crippen LogP contribution is -2.54. The van der Waals surface area contributed by atoms with Gasteiger partial charge in [-0.1, -0.05) is 35.4 Å². The average molecular weight is 436 g/mol. The Hall–Kier alpha value is -2.70. The highest BCUT2D eigenvalue weighted by Crippen LogP contribution is 2.60. The molecule has 1 spiro atoms. The van der Waals surface area contributed by atoms with E-state index in [1.807, 2.05) is 32.0 Å². The maximum atomic E-state index is 13.9. The molecule has 3 fully saturated rings. The third kappa shape index (κ3) is 2.14. The third-order valence-electron chi connectivity index (χ3n) is 7.63. The second kappa shape index (κ2) is 6.17. The Kier molecular flexibility index (Phi) is 3.79. The van der Waals surface area contributed by atoms with Crippen molar-refractivity contribution in [3.05, 3.63) is 58.1 Å². The van der Waals surface area contributed by atoms with Gasteiger partial charge in [0, 0.05) is 22.3 Å². The predicted molar refractivity (Wildman–Crippen MR) is 117 cm³/mol. The molecule has 0 bridgehead atoms. The van der Waals surface area contributed by atoms with Crippen molar-refractivity contribution >= 4 is 40.7 Å². The quantitative estimate of drug-likeness (QED) is 0.697. The van der Waals surface area contributed by atoms with Crippen LogP contribution in [0.1, 0.15) is 29.5 Å². The SMILES string of the molecule is Cc1ccc2c(c1)[C@]1(C(=O)N2)[C@@H]2C(=O)N(c3cccc(Cl)c3C)C(=O)[C@@H]2[C@@H]2CCCN21. The summed E-state index contributed by atoms with van der Waals surface area (Å²) in [5.74, 6) is -2.00. The Morgan fingerprint density at radius 3 is 2.71 bits per heavy atom. The minimum Gasteiger partial charge on any atom is -0.324 e. The molecule has 158 valence electrons. The maximum Gasteiger partial charge on any atom is 0.250 e. The first-order valence-electron chi connectivity index (χ1n) is 10.7. The minimum absolute atomic E-state index is 0.122. The first-order valence-corrected chi connectivity index (χ1v) is 11.1. The Morgan fingerprint density at radius 2 is 1.90 bits per heavy atom. The molecule has 4 atom stereocenters. The van der Waals surface area contributed by atoms with Crippen molar-refractivity contribution in [3.63, 3.8) is 0 Å². The average Bonchev–Trinajstić information content (AvgIpc) is 3.43. The molecule has 0 saturated carbocycles. The molecule has 0 aromatic heterocycles. The molecule has 0 aliphatic carbocycles. The molecule has 4 heterocycles. The number of rotatable bonds is 1. The van der Waals surface area contributed by atoms with Crippen LogP contribution in [0.3, 0.4) is 0 Å². The molecule has 3 saturated heterocycles. The van der Waals surface area contributed by atoms with Crippen molar-refractivity contribution in [3.8, 4) is 0 Å². The molecule has 0 radical (unpaired) electrons. The van der Waals surface area contributed by atoms with Crippen molar-refractivity contribution in [2.24, 2.45) is 11.8 Å². The standard InChI is InChI=1S/C24H22ClN3O3/c1-12-8-9-16-14(11-12)24(23(31)26-16)20-19(18-7-4-10-27(18)24)21(29)28(22(20)30)17-6-3-5-15(25)13(17)2/h3,5-6,8-9,11,18-20H,4,7,10H2,1-2H3,(H,26,31)/t18-,19+,20-,24+/m0/s1. The van der Waals surface area contributed by atoms with Gasteiger partial charge in [0.15, 0.2) is 0 Å². The van der Waals surface area contributed by atoms with Crippen LogP contribution in [0.4, 0.5) is 11.4 Å². The molecule has 7 heteroatoms. The molecule has 6 nitrogen and oxygen atoms in total. The van der Waals surface area contributed by atoms with E-state index in [-0.39, 0.29) is 23.8 Å². The molecule has 3 amide bonds. The van der Waals surface area contributed by atoms with Crippen molar-refractivity contribution in [2.45, 2.75) is 38.3 Å². The summed E-state index contributed by atoms with van der Waals surface area (Å²) >= 11 is 6.30. The van der Waals surface area contributed by atoms with Crippen LogP contribution in [0.15, 0.2) is 36.4 Å². The molecule has 1 N–H and O–H groups in total. The molecule has 31 heavy (non-hydrogen) atoms. The van der Waals surface area contributed by atoms with Crippen LogP contribution in [0.2, 0.25) is 5.02 Å². The fourth-order valence-corrected chi connectivity index (χ4v) is 6.56. The number of anilines is 2. The van der Waals surface area contributed by atoms with Crippen LogP contribution < -0.4 is 10.2 Å². The lowest BCUT2D eigenvalue weighted by molar-refractivity contribution is -0.135. The van der Waals surface area contributed by atoms with Gasteiger partial charge in [0.05, 0.1) is 17.5 Å². The zero-order valence-corrected chi connectivity index (χ0v) is 18.1. The van der Waals surface area contributed by atoms with Crippen LogP contribution in [-0.4, -0.2) is 35.2 Å². The largest absolute Gasteiger partial charge is 0.324 e. The van der Waals surface area contributed by atoms with Gasteiger partial charge >= 0.3 is 0 Å². The molecule has 0 unspecified atom stereocenters. The van der Waals surface area contributed by atoms with Crippen molar-refractivity contribution in [1.29, 1.82) is 0 Å². The molecule has 4 aliphatic rings. The van der Waals surface area contributed by atoms with Gasteiger partial charge in [-0.15, -0.1) is 0 Å². The number of nitrogens with one attached hydrogen (secondary N) is 1.